The zero-order valence-electron chi connectivity index (χ0n) is 12.7. The zero-order valence-corrected chi connectivity index (χ0v) is 13.5. The fraction of sp³-hybridized carbons (Fsp3) is 0.235. The highest BCUT2D eigenvalue weighted by Crippen LogP contribution is 2.20. The van der Waals surface area contributed by atoms with Gasteiger partial charge in [0.05, 0.1) is 0 Å². The van der Waals surface area contributed by atoms with Crippen molar-refractivity contribution in [3.05, 3.63) is 64.4 Å². The molecule has 0 aliphatic rings. The normalized spacial score (nSPS) is 12.3. The molecule has 1 N–H and O–H groups in total. The number of aromatic nitrogens is 3. The lowest BCUT2D eigenvalue weighted by atomic mass is 10.1. The van der Waals surface area contributed by atoms with Crippen molar-refractivity contribution >= 4 is 11.3 Å². The number of nitrogens with zero attached hydrogens (tertiary/aromatic N) is 3. The van der Waals surface area contributed by atoms with Gasteiger partial charge in [-0.25, -0.2) is 9.97 Å². The van der Waals surface area contributed by atoms with Gasteiger partial charge in [-0.1, -0.05) is 0 Å². The van der Waals surface area contributed by atoms with Crippen molar-refractivity contribution in [2.24, 2.45) is 0 Å². The summed E-state index contributed by atoms with van der Waals surface area (Å²) in [5.74, 6) is 0.744. The number of rotatable bonds is 5. The van der Waals surface area contributed by atoms with Crippen molar-refractivity contribution in [3.63, 3.8) is 0 Å². The van der Waals surface area contributed by atoms with E-state index in [2.05, 4.69) is 44.0 Å². The zero-order chi connectivity index (χ0) is 15.4. The third-order valence-electron chi connectivity index (χ3n) is 3.61. The fourth-order valence-electron chi connectivity index (χ4n) is 2.32. The molecular weight excluding hydrogens is 292 g/mol. The Bertz CT molecular complexity index is 726. The summed E-state index contributed by atoms with van der Waals surface area (Å²) in [6.07, 6.45) is 5.43. The number of pyridine rings is 1. The molecule has 112 valence electrons. The molecule has 0 bridgehead atoms. The van der Waals surface area contributed by atoms with E-state index >= 15 is 0 Å². The van der Waals surface area contributed by atoms with Crippen LogP contribution in [-0.2, 0) is 6.54 Å². The Balaban J connectivity index is 1.74. The lowest BCUT2D eigenvalue weighted by molar-refractivity contribution is 0.568. The Hall–Kier alpha value is -2.11. The van der Waals surface area contributed by atoms with Gasteiger partial charge in [0.2, 0.25) is 0 Å². The predicted octanol–water partition coefficient (Wildman–Crippen LogP) is 3.76. The van der Waals surface area contributed by atoms with Gasteiger partial charge in [0.1, 0.15) is 0 Å². The Morgan fingerprint density at radius 2 is 2.05 bits per heavy atom. The van der Waals surface area contributed by atoms with Crippen molar-refractivity contribution < 1.29 is 0 Å². The van der Waals surface area contributed by atoms with Crippen molar-refractivity contribution in [1.82, 2.24) is 20.3 Å². The van der Waals surface area contributed by atoms with Gasteiger partial charge in [-0.2, -0.15) is 11.3 Å². The first-order chi connectivity index (χ1) is 10.7. The maximum absolute atomic E-state index is 4.63. The molecule has 3 aromatic heterocycles. The van der Waals surface area contributed by atoms with E-state index in [9.17, 15) is 0 Å². The SMILES string of the molecule is Cc1nc(-c2ccncc2)ncc1C(C)NCc1ccsc1. The molecule has 0 amide bonds. The van der Waals surface area contributed by atoms with Gasteiger partial charge in [-0.05, 0) is 48.4 Å². The van der Waals surface area contributed by atoms with Gasteiger partial charge in [-0.3, -0.25) is 4.98 Å². The van der Waals surface area contributed by atoms with Crippen LogP contribution in [0.3, 0.4) is 0 Å². The largest absolute Gasteiger partial charge is 0.306 e. The first kappa shape index (κ1) is 14.8. The average Bonchev–Trinajstić information content (AvgIpc) is 3.07. The van der Waals surface area contributed by atoms with Gasteiger partial charge in [0.25, 0.3) is 0 Å². The predicted molar refractivity (Wildman–Crippen MR) is 89.6 cm³/mol. The summed E-state index contributed by atoms with van der Waals surface area (Å²) in [6, 6.07) is 6.20. The molecule has 0 aromatic carbocycles. The summed E-state index contributed by atoms with van der Waals surface area (Å²) in [5.41, 5.74) is 4.44. The molecule has 3 aromatic rings. The Morgan fingerprint density at radius 1 is 1.23 bits per heavy atom. The molecule has 0 aliphatic carbocycles. The smallest absolute Gasteiger partial charge is 0.159 e. The van der Waals surface area contributed by atoms with Gasteiger partial charge >= 0.3 is 0 Å². The summed E-state index contributed by atoms with van der Waals surface area (Å²) in [4.78, 5) is 13.2. The van der Waals surface area contributed by atoms with E-state index in [0.717, 1.165) is 29.2 Å². The number of hydrogen-bond donors (Lipinski definition) is 1. The van der Waals surface area contributed by atoms with Crippen molar-refractivity contribution in [1.29, 1.82) is 0 Å². The van der Waals surface area contributed by atoms with E-state index in [1.54, 1.807) is 23.7 Å². The lowest BCUT2D eigenvalue weighted by Gasteiger charge is -2.16. The van der Waals surface area contributed by atoms with E-state index in [0.29, 0.717) is 0 Å². The Morgan fingerprint density at radius 3 is 2.73 bits per heavy atom. The van der Waals surface area contributed by atoms with Gasteiger partial charge < -0.3 is 5.32 Å². The van der Waals surface area contributed by atoms with Crippen molar-refractivity contribution in [2.45, 2.75) is 26.4 Å². The molecule has 22 heavy (non-hydrogen) atoms. The Labute approximate surface area is 134 Å². The van der Waals surface area contributed by atoms with Crippen LogP contribution in [0.4, 0.5) is 0 Å². The topological polar surface area (TPSA) is 50.7 Å². The molecule has 4 nitrogen and oxygen atoms in total. The van der Waals surface area contributed by atoms with Crippen LogP contribution in [0.5, 0.6) is 0 Å². The highest BCUT2D eigenvalue weighted by molar-refractivity contribution is 7.07. The van der Waals surface area contributed by atoms with Crippen LogP contribution in [0, 0.1) is 6.92 Å². The standard InChI is InChI=1S/C17H18N4S/c1-12(19-9-14-5-8-22-11-14)16-10-20-17(21-13(16)2)15-3-6-18-7-4-15/h3-8,10-12,19H,9H2,1-2H3. The average molecular weight is 310 g/mol. The van der Waals surface area contributed by atoms with E-state index in [-0.39, 0.29) is 6.04 Å². The first-order valence-corrected chi connectivity index (χ1v) is 8.16. The van der Waals surface area contributed by atoms with E-state index in [4.69, 9.17) is 0 Å². The third-order valence-corrected chi connectivity index (χ3v) is 4.35. The lowest BCUT2D eigenvalue weighted by Crippen LogP contribution is -2.19. The highest BCUT2D eigenvalue weighted by Gasteiger charge is 2.11. The molecule has 1 atom stereocenters. The second-order valence-corrected chi connectivity index (χ2v) is 5.98. The summed E-state index contributed by atoms with van der Waals surface area (Å²) in [7, 11) is 0. The fourth-order valence-corrected chi connectivity index (χ4v) is 2.98. The summed E-state index contributed by atoms with van der Waals surface area (Å²) >= 11 is 1.72. The molecule has 0 radical (unpaired) electrons. The summed E-state index contributed by atoms with van der Waals surface area (Å²) in [6.45, 7) is 5.03. The quantitative estimate of drug-likeness (QED) is 0.779. The minimum atomic E-state index is 0.214. The molecule has 3 heterocycles. The van der Waals surface area contributed by atoms with Crippen LogP contribution >= 0.6 is 11.3 Å². The van der Waals surface area contributed by atoms with Crippen LogP contribution in [0.1, 0.15) is 29.8 Å². The van der Waals surface area contributed by atoms with Crippen LogP contribution < -0.4 is 5.32 Å². The molecule has 0 saturated carbocycles. The molecule has 0 aliphatic heterocycles. The van der Waals surface area contributed by atoms with Crippen molar-refractivity contribution in [2.75, 3.05) is 0 Å². The molecule has 3 rings (SSSR count). The molecular formula is C17H18N4S. The molecule has 0 fully saturated rings. The number of hydrogen-bond acceptors (Lipinski definition) is 5. The Kier molecular flexibility index (Phi) is 4.56. The van der Waals surface area contributed by atoms with E-state index in [1.807, 2.05) is 25.3 Å². The first-order valence-electron chi connectivity index (χ1n) is 7.22. The minimum Gasteiger partial charge on any atom is -0.306 e. The van der Waals surface area contributed by atoms with Crippen LogP contribution in [0.25, 0.3) is 11.4 Å². The van der Waals surface area contributed by atoms with E-state index < -0.39 is 0 Å². The summed E-state index contributed by atoms with van der Waals surface area (Å²) in [5, 5.41) is 7.78. The van der Waals surface area contributed by atoms with Crippen LogP contribution in [0.15, 0.2) is 47.5 Å². The minimum absolute atomic E-state index is 0.214. The van der Waals surface area contributed by atoms with Crippen LogP contribution in [-0.4, -0.2) is 15.0 Å². The second kappa shape index (κ2) is 6.77. The molecule has 0 saturated heterocycles. The van der Waals surface area contributed by atoms with Crippen molar-refractivity contribution in [3.8, 4) is 11.4 Å². The maximum Gasteiger partial charge on any atom is 0.159 e. The molecule has 1 unspecified atom stereocenters. The number of nitrogens with one attached hydrogen (secondary N) is 1. The third kappa shape index (κ3) is 3.37. The summed E-state index contributed by atoms with van der Waals surface area (Å²) < 4.78 is 0. The number of aryl methyl sites for hydroxylation is 1. The van der Waals surface area contributed by atoms with E-state index in [1.165, 1.54) is 5.56 Å². The maximum atomic E-state index is 4.63. The molecule has 0 spiro atoms. The van der Waals surface area contributed by atoms with Gasteiger partial charge in [-0.15, -0.1) is 0 Å². The second-order valence-electron chi connectivity index (χ2n) is 5.20. The number of thiophene rings is 1. The van der Waals surface area contributed by atoms with Gasteiger partial charge in [0.15, 0.2) is 5.82 Å². The molecule has 5 heteroatoms. The monoisotopic (exact) mass is 310 g/mol. The van der Waals surface area contributed by atoms with Gasteiger partial charge in [0, 0.05) is 48.0 Å². The van der Waals surface area contributed by atoms with Crippen LogP contribution in [0.2, 0.25) is 0 Å². The highest BCUT2D eigenvalue weighted by atomic mass is 32.1.